The lowest BCUT2D eigenvalue weighted by atomic mass is 9.97. The number of carbonyl (C=O) groups is 1. The molecule has 5 rings (SSSR count). The zero-order valence-electron chi connectivity index (χ0n) is 18.0. The molecule has 0 saturated heterocycles. The molecule has 1 aromatic heterocycles. The fourth-order valence-corrected chi connectivity index (χ4v) is 4.43. The lowest BCUT2D eigenvalue weighted by Gasteiger charge is -2.25. The maximum absolute atomic E-state index is 13.6. The molecule has 1 atom stereocenters. The highest BCUT2D eigenvalue weighted by molar-refractivity contribution is 6.31. The largest absolute Gasteiger partial charge is 0.504 e. The second-order valence-electron chi connectivity index (χ2n) is 8.07. The Bertz CT molecular complexity index is 1460. The van der Waals surface area contributed by atoms with Crippen LogP contribution in [0.15, 0.2) is 69.9 Å². The van der Waals surface area contributed by atoms with Crippen LogP contribution in [-0.2, 0) is 6.54 Å². The molecule has 1 aliphatic heterocycles. The van der Waals surface area contributed by atoms with Gasteiger partial charge in [0.15, 0.2) is 16.9 Å². The van der Waals surface area contributed by atoms with Crippen molar-refractivity contribution >= 4 is 28.5 Å². The first kappa shape index (κ1) is 21.1. The summed E-state index contributed by atoms with van der Waals surface area (Å²) in [7, 11) is 1.44. The Morgan fingerprint density at radius 3 is 2.55 bits per heavy atom. The second kappa shape index (κ2) is 7.98. The summed E-state index contributed by atoms with van der Waals surface area (Å²) >= 11 is 6.13. The minimum absolute atomic E-state index is 0.0129. The normalized spacial score (nSPS) is 15.2. The average Bonchev–Trinajstić information content (AvgIpc) is 3.08. The number of rotatable bonds is 4. The molecule has 166 valence electrons. The number of benzene rings is 3. The molecule has 4 aromatic rings. The summed E-state index contributed by atoms with van der Waals surface area (Å²) in [5.74, 6) is -0.152. The minimum Gasteiger partial charge on any atom is -0.504 e. The first-order valence-electron chi connectivity index (χ1n) is 10.4. The van der Waals surface area contributed by atoms with E-state index in [9.17, 15) is 14.7 Å². The molecule has 6 nitrogen and oxygen atoms in total. The Kier molecular flexibility index (Phi) is 5.10. The summed E-state index contributed by atoms with van der Waals surface area (Å²) in [4.78, 5) is 28.7. The smallest absolute Gasteiger partial charge is 0.291 e. The van der Waals surface area contributed by atoms with Crippen molar-refractivity contribution in [1.82, 2.24) is 4.90 Å². The Balaban J connectivity index is 1.73. The highest BCUT2D eigenvalue weighted by atomic mass is 35.5. The summed E-state index contributed by atoms with van der Waals surface area (Å²) in [5, 5.41) is 10.8. The van der Waals surface area contributed by atoms with E-state index < -0.39 is 6.04 Å². The third-order valence-corrected chi connectivity index (χ3v) is 6.16. The van der Waals surface area contributed by atoms with Crippen molar-refractivity contribution in [2.45, 2.75) is 19.5 Å². The fraction of sp³-hybridized carbons (Fsp3) is 0.154. The number of amides is 1. The number of phenolic OH excluding ortho intramolecular Hbond substituents is 1. The Morgan fingerprint density at radius 1 is 1.06 bits per heavy atom. The third-order valence-electron chi connectivity index (χ3n) is 5.92. The molecule has 0 saturated carbocycles. The fourth-order valence-electron chi connectivity index (χ4n) is 4.26. The summed E-state index contributed by atoms with van der Waals surface area (Å²) in [6, 6.07) is 16.7. The Hall–Kier alpha value is -3.77. The molecule has 0 radical (unpaired) electrons. The van der Waals surface area contributed by atoms with Crippen LogP contribution in [-0.4, -0.2) is 23.0 Å². The van der Waals surface area contributed by atoms with Gasteiger partial charge in [0.2, 0.25) is 5.76 Å². The van der Waals surface area contributed by atoms with Gasteiger partial charge in [0, 0.05) is 11.6 Å². The molecule has 0 spiro atoms. The van der Waals surface area contributed by atoms with Crippen molar-refractivity contribution in [1.29, 1.82) is 0 Å². The van der Waals surface area contributed by atoms with Crippen molar-refractivity contribution in [3.8, 4) is 11.5 Å². The number of hydrogen-bond donors (Lipinski definition) is 1. The summed E-state index contributed by atoms with van der Waals surface area (Å²) < 4.78 is 11.2. The van der Waals surface area contributed by atoms with Gasteiger partial charge in [0.1, 0.15) is 5.58 Å². The maximum Gasteiger partial charge on any atom is 0.291 e. The predicted octanol–water partition coefficient (Wildman–Crippen LogP) is 5.21. The number of fused-ring (bicyclic) bond motifs is 2. The molecule has 1 N–H and O–H groups in total. The standard InChI is InChI=1S/C26H20ClNO5/c1-14-3-5-15(6-4-14)13-28-23(16-7-9-19(29)21(11-16)32-2)22-24(30)18-12-17(27)8-10-20(18)33-25(22)26(28)31/h3-12,23,29H,13H2,1-2H3. The van der Waals surface area contributed by atoms with Crippen LogP contribution in [0.1, 0.15) is 38.9 Å². The third kappa shape index (κ3) is 3.52. The van der Waals surface area contributed by atoms with Crippen molar-refractivity contribution in [3.63, 3.8) is 0 Å². The van der Waals surface area contributed by atoms with Gasteiger partial charge in [-0.3, -0.25) is 9.59 Å². The van der Waals surface area contributed by atoms with Crippen molar-refractivity contribution in [2.24, 2.45) is 0 Å². The number of phenols is 1. The number of methoxy groups -OCH3 is 1. The second-order valence-corrected chi connectivity index (χ2v) is 8.50. The molecule has 33 heavy (non-hydrogen) atoms. The molecular weight excluding hydrogens is 442 g/mol. The van der Waals surface area contributed by atoms with Crippen molar-refractivity contribution in [3.05, 3.63) is 104 Å². The van der Waals surface area contributed by atoms with Crippen LogP contribution < -0.4 is 10.2 Å². The zero-order valence-corrected chi connectivity index (χ0v) is 18.7. The molecule has 2 heterocycles. The summed E-state index contributed by atoms with van der Waals surface area (Å²) in [5.41, 5.74) is 2.88. The molecule has 0 bridgehead atoms. The molecule has 3 aromatic carbocycles. The van der Waals surface area contributed by atoms with E-state index >= 15 is 0 Å². The molecule has 1 amide bonds. The maximum atomic E-state index is 13.6. The molecule has 1 aliphatic rings. The minimum atomic E-state index is -0.720. The molecular formula is C26H20ClNO5. The number of hydrogen-bond acceptors (Lipinski definition) is 5. The van der Waals surface area contributed by atoms with Gasteiger partial charge in [-0.05, 0) is 48.4 Å². The van der Waals surface area contributed by atoms with Gasteiger partial charge in [-0.15, -0.1) is 0 Å². The van der Waals surface area contributed by atoms with Gasteiger partial charge in [-0.1, -0.05) is 47.5 Å². The molecule has 7 heteroatoms. The number of ether oxygens (including phenoxy) is 1. The monoisotopic (exact) mass is 461 g/mol. The van der Waals surface area contributed by atoms with E-state index in [2.05, 4.69) is 0 Å². The summed E-state index contributed by atoms with van der Waals surface area (Å²) in [6.45, 7) is 2.26. The number of halogens is 1. The average molecular weight is 462 g/mol. The van der Waals surface area contributed by atoms with E-state index in [-0.39, 0.29) is 40.7 Å². The predicted molar refractivity (Wildman–Crippen MR) is 125 cm³/mol. The van der Waals surface area contributed by atoms with Crippen LogP contribution in [0.3, 0.4) is 0 Å². The Labute approximate surface area is 194 Å². The highest BCUT2D eigenvalue weighted by Crippen LogP contribution is 2.41. The van der Waals surface area contributed by atoms with Gasteiger partial charge in [-0.2, -0.15) is 0 Å². The first-order chi connectivity index (χ1) is 15.9. The van der Waals surface area contributed by atoms with Crippen molar-refractivity contribution in [2.75, 3.05) is 7.11 Å². The van der Waals surface area contributed by atoms with E-state index in [1.165, 1.54) is 13.2 Å². The van der Waals surface area contributed by atoms with Gasteiger partial charge in [0.25, 0.3) is 5.91 Å². The van der Waals surface area contributed by atoms with E-state index in [1.807, 2.05) is 31.2 Å². The van der Waals surface area contributed by atoms with Crippen LogP contribution in [0.25, 0.3) is 11.0 Å². The van der Waals surface area contributed by atoms with Crippen LogP contribution >= 0.6 is 11.6 Å². The highest BCUT2D eigenvalue weighted by Gasteiger charge is 2.43. The van der Waals surface area contributed by atoms with Gasteiger partial charge >= 0.3 is 0 Å². The van der Waals surface area contributed by atoms with Gasteiger partial charge in [0.05, 0.1) is 24.1 Å². The van der Waals surface area contributed by atoms with Crippen LogP contribution in [0.5, 0.6) is 11.5 Å². The molecule has 0 aliphatic carbocycles. The summed E-state index contributed by atoms with van der Waals surface area (Å²) in [6.07, 6.45) is 0. The van der Waals surface area contributed by atoms with Crippen LogP contribution in [0.4, 0.5) is 0 Å². The van der Waals surface area contributed by atoms with E-state index in [4.69, 9.17) is 20.8 Å². The van der Waals surface area contributed by atoms with Crippen LogP contribution in [0.2, 0.25) is 5.02 Å². The number of aryl methyl sites for hydroxylation is 1. The SMILES string of the molecule is COc1cc(C2c3c(oc4ccc(Cl)cc4c3=O)C(=O)N2Cc2ccc(C)cc2)ccc1O. The molecule has 1 unspecified atom stereocenters. The topological polar surface area (TPSA) is 80.0 Å². The quantitative estimate of drug-likeness (QED) is 0.451. The van der Waals surface area contributed by atoms with Crippen LogP contribution in [0, 0.1) is 6.92 Å². The number of carbonyl (C=O) groups excluding carboxylic acids is 1. The Morgan fingerprint density at radius 2 is 1.82 bits per heavy atom. The first-order valence-corrected chi connectivity index (χ1v) is 10.7. The number of aromatic hydroxyl groups is 1. The van der Waals surface area contributed by atoms with Gasteiger partial charge in [-0.25, -0.2) is 0 Å². The van der Waals surface area contributed by atoms with Crippen molar-refractivity contribution < 1.29 is 19.1 Å². The zero-order chi connectivity index (χ0) is 23.3. The lowest BCUT2D eigenvalue weighted by Crippen LogP contribution is -2.29. The lowest BCUT2D eigenvalue weighted by molar-refractivity contribution is 0.0714. The van der Waals surface area contributed by atoms with E-state index in [0.717, 1.165) is 11.1 Å². The molecule has 0 fully saturated rings. The number of nitrogens with zero attached hydrogens (tertiary/aromatic N) is 1. The van der Waals surface area contributed by atoms with E-state index in [1.54, 1.807) is 35.2 Å². The van der Waals surface area contributed by atoms with Gasteiger partial charge < -0.3 is 19.2 Å². The van der Waals surface area contributed by atoms with E-state index in [0.29, 0.717) is 21.6 Å².